The molecule has 8 heteroatoms. The monoisotopic (exact) mass is 458 g/mol. The summed E-state index contributed by atoms with van der Waals surface area (Å²) in [6.45, 7) is 3.71. The lowest BCUT2D eigenvalue weighted by molar-refractivity contribution is -0.137. The number of hydrogen-bond donors (Lipinski definition) is 1. The molecule has 2 amide bonds. The van der Waals surface area contributed by atoms with Crippen molar-refractivity contribution in [2.24, 2.45) is 0 Å². The first-order valence-electron chi connectivity index (χ1n) is 11.5. The predicted molar refractivity (Wildman–Crippen MR) is 122 cm³/mol. The molecule has 1 aliphatic heterocycles. The molecule has 0 unspecified atom stereocenters. The Labute approximate surface area is 191 Å². The van der Waals surface area contributed by atoms with Gasteiger partial charge in [0.1, 0.15) is 5.82 Å². The third-order valence-electron chi connectivity index (χ3n) is 6.27. The number of nitrogens with one attached hydrogen (secondary N) is 1. The molecule has 0 aliphatic carbocycles. The van der Waals surface area contributed by atoms with E-state index in [-0.39, 0.29) is 12.1 Å². The Morgan fingerprint density at radius 2 is 1.88 bits per heavy atom. The van der Waals surface area contributed by atoms with Crippen molar-refractivity contribution in [2.75, 3.05) is 19.6 Å². The van der Waals surface area contributed by atoms with Gasteiger partial charge in [-0.05, 0) is 49.1 Å². The van der Waals surface area contributed by atoms with E-state index in [2.05, 4.69) is 9.97 Å². The largest absolute Gasteiger partial charge is 0.416 e. The highest BCUT2D eigenvalue weighted by Gasteiger charge is 2.35. The van der Waals surface area contributed by atoms with E-state index in [9.17, 15) is 18.0 Å². The molecule has 4 rings (SSSR count). The Bertz CT molecular complexity index is 1060. The SMILES string of the molecule is CC[C@@H](c1cccc(C(F)(F)F)c1)N1CCN(CCCCCc2nc3ccccc3[nH]2)C1=O. The van der Waals surface area contributed by atoms with Gasteiger partial charge in [0.05, 0.1) is 22.6 Å². The molecule has 1 fully saturated rings. The molecule has 0 saturated carbocycles. The van der Waals surface area contributed by atoms with E-state index in [1.807, 2.05) is 36.1 Å². The van der Waals surface area contributed by atoms with Crippen molar-refractivity contribution in [1.82, 2.24) is 19.8 Å². The van der Waals surface area contributed by atoms with Gasteiger partial charge in [0.25, 0.3) is 0 Å². The van der Waals surface area contributed by atoms with Gasteiger partial charge in [0.2, 0.25) is 0 Å². The molecule has 0 radical (unpaired) electrons. The van der Waals surface area contributed by atoms with Crippen molar-refractivity contribution in [1.29, 1.82) is 0 Å². The topological polar surface area (TPSA) is 52.2 Å². The fourth-order valence-corrected chi connectivity index (χ4v) is 4.55. The van der Waals surface area contributed by atoms with Crippen molar-refractivity contribution in [3.8, 4) is 0 Å². The summed E-state index contributed by atoms with van der Waals surface area (Å²) >= 11 is 0. The highest BCUT2D eigenvalue weighted by atomic mass is 19.4. The number of aryl methyl sites for hydroxylation is 1. The first-order chi connectivity index (χ1) is 15.9. The van der Waals surface area contributed by atoms with Gasteiger partial charge >= 0.3 is 12.2 Å². The van der Waals surface area contributed by atoms with Crippen LogP contribution in [0.1, 0.15) is 55.6 Å². The van der Waals surface area contributed by atoms with Gasteiger partial charge < -0.3 is 14.8 Å². The number of aromatic amines is 1. The lowest BCUT2D eigenvalue weighted by Gasteiger charge is -2.28. The normalized spacial score (nSPS) is 15.6. The van der Waals surface area contributed by atoms with Crippen LogP contribution in [-0.4, -0.2) is 45.4 Å². The summed E-state index contributed by atoms with van der Waals surface area (Å²) in [7, 11) is 0. The van der Waals surface area contributed by atoms with E-state index in [4.69, 9.17) is 0 Å². The molecular formula is C25H29F3N4O. The average Bonchev–Trinajstić information content (AvgIpc) is 3.37. The zero-order valence-corrected chi connectivity index (χ0v) is 18.7. The quantitative estimate of drug-likeness (QED) is 0.389. The number of urea groups is 1. The van der Waals surface area contributed by atoms with Crippen molar-refractivity contribution >= 4 is 17.1 Å². The highest BCUT2D eigenvalue weighted by Crippen LogP contribution is 2.34. The van der Waals surface area contributed by atoms with Crippen molar-refractivity contribution in [3.63, 3.8) is 0 Å². The number of unbranched alkanes of at least 4 members (excludes halogenated alkanes) is 2. The minimum atomic E-state index is -4.39. The van der Waals surface area contributed by atoms with E-state index in [1.165, 1.54) is 12.1 Å². The maximum atomic E-state index is 13.1. The van der Waals surface area contributed by atoms with E-state index in [0.29, 0.717) is 31.6 Å². The van der Waals surface area contributed by atoms with E-state index in [1.54, 1.807) is 11.0 Å². The Hall–Kier alpha value is -3.03. The minimum Gasteiger partial charge on any atom is -0.342 e. The third-order valence-corrected chi connectivity index (χ3v) is 6.27. The lowest BCUT2D eigenvalue weighted by Crippen LogP contribution is -2.35. The summed E-state index contributed by atoms with van der Waals surface area (Å²) in [5, 5.41) is 0. The van der Waals surface area contributed by atoms with Gasteiger partial charge in [0, 0.05) is 26.1 Å². The molecular weight excluding hydrogens is 429 g/mol. The van der Waals surface area contributed by atoms with E-state index in [0.717, 1.165) is 48.6 Å². The van der Waals surface area contributed by atoms with Crippen LogP contribution in [0.2, 0.25) is 0 Å². The van der Waals surface area contributed by atoms with Crippen LogP contribution in [0, 0.1) is 0 Å². The van der Waals surface area contributed by atoms with Crippen LogP contribution in [0.15, 0.2) is 48.5 Å². The number of H-pyrrole nitrogens is 1. The molecule has 1 aliphatic rings. The number of benzene rings is 2. The summed E-state index contributed by atoms with van der Waals surface area (Å²) in [4.78, 5) is 24.4. The van der Waals surface area contributed by atoms with Crippen LogP contribution in [0.4, 0.5) is 18.0 Å². The standard InChI is InChI=1S/C25H29F3N4O/c1-2-22(18-9-8-10-19(17-18)25(26,27)28)32-16-15-31(24(32)33)14-7-3-4-13-23-29-20-11-5-6-12-21(20)30-23/h5-6,8-12,17,22H,2-4,7,13-16H2,1H3,(H,29,30)/t22-/m0/s1. The first-order valence-corrected chi connectivity index (χ1v) is 11.5. The summed E-state index contributed by atoms with van der Waals surface area (Å²) in [6.07, 6.45) is -0.114. The Morgan fingerprint density at radius 1 is 1.06 bits per heavy atom. The Balaban J connectivity index is 1.27. The number of halogens is 3. The van der Waals surface area contributed by atoms with Crippen molar-refractivity contribution in [2.45, 2.75) is 51.2 Å². The number of imidazole rings is 1. The highest BCUT2D eigenvalue weighted by molar-refractivity contribution is 5.77. The molecule has 0 spiro atoms. The summed E-state index contributed by atoms with van der Waals surface area (Å²) < 4.78 is 39.4. The number of carbonyl (C=O) groups is 1. The number of carbonyl (C=O) groups excluding carboxylic acids is 1. The van der Waals surface area contributed by atoms with Crippen LogP contribution < -0.4 is 0 Å². The number of fused-ring (bicyclic) bond motifs is 1. The average molecular weight is 459 g/mol. The summed E-state index contributed by atoms with van der Waals surface area (Å²) in [5.74, 6) is 0.978. The van der Waals surface area contributed by atoms with Gasteiger partial charge in [-0.1, -0.05) is 37.6 Å². The molecule has 1 saturated heterocycles. The molecule has 2 heterocycles. The Kier molecular flexibility index (Phi) is 6.91. The fraction of sp³-hybridized carbons (Fsp3) is 0.440. The molecule has 1 aromatic heterocycles. The Morgan fingerprint density at radius 3 is 2.64 bits per heavy atom. The van der Waals surface area contributed by atoms with Gasteiger partial charge in [-0.2, -0.15) is 13.2 Å². The van der Waals surface area contributed by atoms with E-state index >= 15 is 0 Å². The molecule has 1 N–H and O–H groups in total. The number of alkyl halides is 3. The predicted octanol–water partition coefficient (Wildman–Crippen LogP) is 6.18. The van der Waals surface area contributed by atoms with Crippen LogP contribution in [-0.2, 0) is 12.6 Å². The number of aromatic nitrogens is 2. The van der Waals surface area contributed by atoms with Gasteiger partial charge in [-0.25, -0.2) is 9.78 Å². The number of amides is 2. The summed E-state index contributed by atoms with van der Waals surface area (Å²) in [5.41, 5.74) is 1.88. The second-order valence-electron chi connectivity index (χ2n) is 8.52. The third kappa shape index (κ3) is 5.31. The summed E-state index contributed by atoms with van der Waals surface area (Å²) in [6, 6.07) is 12.9. The minimum absolute atomic E-state index is 0.0865. The molecule has 33 heavy (non-hydrogen) atoms. The van der Waals surface area contributed by atoms with Gasteiger partial charge in [-0.15, -0.1) is 0 Å². The molecule has 3 aromatic rings. The second-order valence-corrected chi connectivity index (χ2v) is 8.52. The zero-order valence-electron chi connectivity index (χ0n) is 18.7. The number of rotatable bonds is 9. The fourth-order valence-electron chi connectivity index (χ4n) is 4.55. The van der Waals surface area contributed by atoms with Crippen LogP contribution in [0.25, 0.3) is 11.0 Å². The molecule has 5 nitrogen and oxygen atoms in total. The number of para-hydroxylation sites is 2. The maximum absolute atomic E-state index is 13.1. The van der Waals surface area contributed by atoms with Crippen molar-refractivity contribution in [3.05, 3.63) is 65.5 Å². The van der Waals surface area contributed by atoms with E-state index < -0.39 is 11.7 Å². The molecule has 1 atom stereocenters. The molecule has 0 bridgehead atoms. The smallest absolute Gasteiger partial charge is 0.342 e. The van der Waals surface area contributed by atoms with Gasteiger partial charge in [-0.3, -0.25) is 0 Å². The molecule has 176 valence electrons. The number of hydrogen-bond acceptors (Lipinski definition) is 2. The van der Waals surface area contributed by atoms with Crippen LogP contribution in [0.5, 0.6) is 0 Å². The lowest BCUT2D eigenvalue weighted by atomic mass is 10.0. The number of nitrogens with zero attached hydrogens (tertiary/aromatic N) is 3. The van der Waals surface area contributed by atoms with Gasteiger partial charge in [0.15, 0.2) is 0 Å². The zero-order chi connectivity index (χ0) is 23.4. The van der Waals surface area contributed by atoms with Crippen LogP contribution >= 0.6 is 0 Å². The van der Waals surface area contributed by atoms with Crippen molar-refractivity contribution < 1.29 is 18.0 Å². The second kappa shape index (κ2) is 9.85. The molecule has 2 aromatic carbocycles. The van der Waals surface area contributed by atoms with Crippen LogP contribution in [0.3, 0.4) is 0 Å². The maximum Gasteiger partial charge on any atom is 0.416 e. The first kappa shape index (κ1) is 23.1.